The van der Waals surface area contributed by atoms with Crippen LogP contribution >= 0.6 is 0 Å². The van der Waals surface area contributed by atoms with Gasteiger partial charge in [0.25, 0.3) is 0 Å². The molecule has 0 bridgehead atoms. The van der Waals surface area contributed by atoms with Crippen molar-refractivity contribution in [1.29, 1.82) is 0 Å². The van der Waals surface area contributed by atoms with Crippen LogP contribution in [0.15, 0.2) is 33.5 Å². The van der Waals surface area contributed by atoms with E-state index in [0.29, 0.717) is 23.3 Å². The zero-order chi connectivity index (χ0) is 9.26. The SMILES string of the molecule is CCc1[nH+]c(=O)c2ccccc2o1. The van der Waals surface area contributed by atoms with Crippen molar-refractivity contribution in [2.45, 2.75) is 13.3 Å². The summed E-state index contributed by atoms with van der Waals surface area (Å²) in [5.74, 6) is 0.615. The molecule has 0 atom stereocenters. The van der Waals surface area contributed by atoms with Crippen molar-refractivity contribution in [3.8, 4) is 0 Å². The first-order valence-electron chi connectivity index (χ1n) is 4.25. The molecule has 0 aliphatic rings. The molecule has 2 rings (SSSR count). The van der Waals surface area contributed by atoms with Crippen LogP contribution < -0.4 is 10.5 Å². The number of fused-ring (bicyclic) bond motifs is 1. The summed E-state index contributed by atoms with van der Waals surface area (Å²) in [6.45, 7) is 1.93. The molecule has 0 radical (unpaired) electrons. The van der Waals surface area contributed by atoms with E-state index in [0.717, 1.165) is 0 Å². The van der Waals surface area contributed by atoms with E-state index in [1.165, 1.54) is 0 Å². The van der Waals surface area contributed by atoms with Gasteiger partial charge in [-0.3, -0.25) is 0 Å². The van der Waals surface area contributed by atoms with Crippen LogP contribution in [0.25, 0.3) is 11.0 Å². The molecule has 3 heteroatoms. The fraction of sp³-hybridized carbons (Fsp3) is 0.200. The van der Waals surface area contributed by atoms with Gasteiger partial charge in [0.15, 0.2) is 5.58 Å². The second kappa shape index (κ2) is 3.01. The number of H-pyrrole nitrogens is 1. The highest BCUT2D eigenvalue weighted by molar-refractivity contribution is 5.74. The Balaban J connectivity index is 2.85. The molecule has 0 saturated carbocycles. The van der Waals surface area contributed by atoms with Gasteiger partial charge in [-0.1, -0.05) is 19.1 Å². The minimum atomic E-state index is -0.0845. The fourth-order valence-corrected chi connectivity index (χ4v) is 1.26. The van der Waals surface area contributed by atoms with E-state index in [1.807, 2.05) is 19.1 Å². The van der Waals surface area contributed by atoms with Crippen molar-refractivity contribution in [3.63, 3.8) is 0 Å². The summed E-state index contributed by atoms with van der Waals surface area (Å²) in [4.78, 5) is 14.1. The van der Waals surface area contributed by atoms with Gasteiger partial charge in [-0.05, 0) is 12.1 Å². The summed E-state index contributed by atoms with van der Waals surface area (Å²) < 4.78 is 5.44. The van der Waals surface area contributed by atoms with E-state index in [4.69, 9.17) is 4.42 Å². The van der Waals surface area contributed by atoms with Crippen LogP contribution in [-0.4, -0.2) is 0 Å². The molecule has 0 unspecified atom stereocenters. The molecule has 3 nitrogen and oxygen atoms in total. The lowest BCUT2D eigenvalue weighted by atomic mass is 10.2. The molecule has 13 heavy (non-hydrogen) atoms. The van der Waals surface area contributed by atoms with Gasteiger partial charge in [0.1, 0.15) is 5.39 Å². The number of aromatic amines is 1. The van der Waals surface area contributed by atoms with Crippen molar-refractivity contribution in [3.05, 3.63) is 40.5 Å². The van der Waals surface area contributed by atoms with Gasteiger partial charge < -0.3 is 4.42 Å². The van der Waals surface area contributed by atoms with Crippen molar-refractivity contribution >= 4 is 11.0 Å². The number of hydrogen-bond donors (Lipinski definition) is 0. The Morgan fingerprint density at radius 1 is 1.38 bits per heavy atom. The first-order valence-corrected chi connectivity index (χ1v) is 4.25. The maximum Gasteiger partial charge on any atom is 0.424 e. The predicted molar refractivity (Wildman–Crippen MR) is 48.4 cm³/mol. The van der Waals surface area contributed by atoms with Crippen molar-refractivity contribution in [2.75, 3.05) is 0 Å². The minimum Gasteiger partial charge on any atom is -0.407 e. The van der Waals surface area contributed by atoms with Crippen molar-refractivity contribution in [1.82, 2.24) is 0 Å². The fourth-order valence-electron chi connectivity index (χ4n) is 1.26. The van der Waals surface area contributed by atoms with Crippen LogP contribution in [0.3, 0.4) is 0 Å². The summed E-state index contributed by atoms with van der Waals surface area (Å²) in [6.07, 6.45) is 0.695. The topological polar surface area (TPSA) is 44.4 Å². The Morgan fingerprint density at radius 3 is 2.92 bits per heavy atom. The molecule has 1 aromatic heterocycles. The van der Waals surface area contributed by atoms with Crippen LogP contribution in [0.5, 0.6) is 0 Å². The first kappa shape index (κ1) is 7.98. The van der Waals surface area contributed by atoms with E-state index in [2.05, 4.69) is 4.98 Å². The summed E-state index contributed by atoms with van der Waals surface area (Å²) in [7, 11) is 0. The van der Waals surface area contributed by atoms with Crippen LogP contribution in [0.2, 0.25) is 0 Å². The van der Waals surface area contributed by atoms with E-state index in [1.54, 1.807) is 12.1 Å². The third-order valence-corrected chi connectivity index (χ3v) is 1.94. The quantitative estimate of drug-likeness (QED) is 0.654. The number of benzene rings is 1. The molecule has 0 aliphatic heterocycles. The zero-order valence-corrected chi connectivity index (χ0v) is 7.33. The molecule has 66 valence electrons. The van der Waals surface area contributed by atoms with E-state index in [-0.39, 0.29) is 5.56 Å². The third-order valence-electron chi connectivity index (χ3n) is 1.94. The first-order chi connectivity index (χ1) is 6.31. The van der Waals surface area contributed by atoms with E-state index < -0.39 is 0 Å². The summed E-state index contributed by atoms with van der Waals surface area (Å²) in [5, 5.41) is 0.597. The molecule has 1 aromatic carbocycles. The highest BCUT2D eigenvalue weighted by Gasteiger charge is 2.09. The number of nitrogens with one attached hydrogen (secondary N) is 1. The number of rotatable bonds is 1. The number of hydrogen-bond acceptors (Lipinski definition) is 2. The Morgan fingerprint density at radius 2 is 2.15 bits per heavy atom. The standard InChI is InChI=1S/C10H9NO2/c1-2-9-11-10(12)7-5-3-4-6-8(7)13-9/h3-6H,2H2,1H3/p+1. The van der Waals surface area contributed by atoms with Crippen LogP contribution in [-0.2, 0) is 6.42 Å². The molecule has 2 aromatic rings. The van der Waals surface area contributed by atoms with Crippen molar-refractivity contribution < 1.29 is 9.40 Å². The third kappa shape index (κ3) is 1.33. The zero-order valence-electron chi connectivity index (χ0n) is 7.33. The lowest BCUT2D eigenvalue weighted by molar-refractivity contribution is -0.424. The molecule has 0 fully saturated rings. The average Bonchev–Trinajstić information content (AvgIpc) is 2.18. The molecule has 0 amide bonds. The summed E-state index contributed by atoms with van der Waals surface area (Å²) in [5.41, 5.74) is 0.557. The number of para-hydroxylation sites is 1. The van der Waals surface area contributed by atoms with E-state index >= 15 is 0 Å². The van der Waals surface area contributed by atoms with Gasteiger partial charge in [-0.25, -0.2) is 4.79 Å². The Bertz CT molecular complexity index is 487. The Kier molecular flexibility index (Phi) is 1.85. The second-order valence-corrected chi connectivity index (χ2v) is 2.83. The minimum absolute atomic E-state index is 0.0845. The van der Waals surface area contributed by atoms with Crippen LogP contribution in [0.4, 0.5) is 0 Å². The Labute approximate surface area is 75.0 Å². The van der Waals surface area contributed by atoms with Crippen molar-refractivity contribution in [2.24, 2.45) is 0 Å². The monoisotopic (exact) mass is 176 g/mol. The average molecular weight is 176 g/mol. The van der Waals surface area contributed by atoms with Crippen LogP contribution in [0.1, 0.15) is 12.8 Å². The Hall–Kier alpha value is -1.64. The van der Waals surface area contributed by atoms with Gasteiger partial charge >= 0.3 is 11.4 Å². The van der Waals surface area contributed by atoms with Gasteiger partial charge in [0.05, 0.1) is 6.42 Å². The van der Waals surface area contributed by atoms with Gasteiger partial charge in [0.2, 0.25) is 0 Å². The lowest BCUT2D eigenvalue weighted by Crippen LogP contribution is -2.30. The maximum absolute atomic E-state index is 11.4. The number of aromatic nitrogens is 1. The van der Waals surface area contributed by atoms with Gasteiger partial charge in [0, 0.05) is 0 Å². The molecular formula is C10H10NO2+. The molecule has 1 N–H and O–H groups in total. The summed E-state index contributed by atoms with van der Waals surface area (Å²) >= 11 is 0. The van der Waals surface area contributed by atoms with Gasteiger partial charge in [-0.15, -0.1) is 4.98 Å². The van der Waals surface area contributed by atoms with Crippen LogP contribution in [0, 0.1) is 0 Å². The van der Waals surface area contributed by atoms with Gasteiger partial charge in [-0.2, -0.15) is 0 Å². The largest absolute Gasteiger partial charge is 0.424 e. The highest BCUT2D eigenvalue weighted by atomic mass is 16.3. The molecule has 0 saturated heterocycles. The predicted octanol–water partition coefficient (Wildman–Crippen LogP) is 1.17. The smallest absolute Gasteiger partial charge is 0.407 e. The molecular weight excluding hydrogens is 166 g/mol. The maximum atomic E-state index is 11.4. The normalized spacial score (nSPS) is 10.5. The summed E-state index contributed by atoms with van der Waals surface area (Å²) in [6, 6.07) is 7.21. The van der Waals surface area contributed by atoms with E-state index in [9.17, 15) is 4.79 Å². The molecule has 1 heterocycles. The number of aryl methyl sites for hydroxylation is 1. The molecule has 0 spiro atoms. The second-order valence-electron chi connectivity index (χ2n) is 2.83. The lowest BCUT2D eigenvalue weighted by Gasteiger charge is -1.92. The molecule has 0 aliphatic carbocycles. The highest BCUT2D eigenvalue weighted by Crippen LogP contribution is 2.07.